The Labute approximate surface area is 176 Å². The summed E-state index contributed by atoms with van der Waals surface area (Å²) >= 11 is 0. The van der Waals surface area contributed by atoms with Crippen LogP contribution in [0.2, 0.25) is 0 Å². The van der Waals surface area contributed by atoms with Gasteiger partial charge in [0.2, 0.25) is 0 Å². The minimum atomic E-state index is 0. The molecule has 0 aromatic heterocycles. The second kappa shape index (κ2) is 11.6. The molecule has 0 amide bonds. The summed E-state index contributed by atoms with van der Waals surface area (Å²) in [6.45, 7) is 0. The summed E-state index contributed by atoms with van der Waals surface area (Å²) in [5, 5.41) is 0. The molecule has 2 fully saturated rings. The molecule has 1 aromatic carbocycles. The Bertz CT molecular complexity index is 510. The van der Waals surface area contributed by atoms with Crippen molar-refractivity contribution in [1.82, 2.24) is 0 Å². The van der Waals surface area contributed by atoms with Crippen LogP contribution >= 0.6 is 7.92 Å². The first-order valence-electron chi connectivity index (χ1n) is 10.4. The average molecular weight is 464 g/mol. The van der Waals surface area contributed by atoms with Crippen molar-refractivity contribution in [2.45, 2.75) is 81.9 Å². The molecular formula is C23H36NPPd. The largest absolute Gasteiger partial charge is 0.378 e. The van der Waals surface area contributed by atoms with Gasteiger partial charge in [0, 0.05) is 40.2 Å². The molecule has 0 unspecified atom stereocenters. The van der Waals surface area contributed by atoms with E-state index in [4.69, 9.17) is 0 Å². The molecule has 0 spiro atoms. The van der Waals surface area contributed by atoms with Crippen molar-refractivity contribution >= 4 is 13.6 Å². The zero-order valence-electron chi connectivity index (χ0n) is 16.6. The van der Waals surface area contributed by atoms with Gasteiger partial charge in [-0.05, 0) is 61.1 Å². The Morgan fingerprint density at radius 1 is 0.846 bits per heavy atom. The van der Waals surface area contributed by atoms with Crippen molar-refractivity contribution in [2.24, 2.45) is 0 Å². The van der Waals surface area contributed by atoms with Crippen molar-refractivity contribution in [3.05, 3.63) is 41.7 Å². The van der Waals surface area contributed by atoms with Crippen molar-refractivity contribution in [2.75, 3.05) is 19.0 Å². The number of anilines is 1. The van der Waals surface area contributed by atoms with Crippen LogP contribution in [0.15, 0.2) is 36.2 Å². The minimum Gasteiger partial charge on any atom is -0.378 e. The summed E-state index contributed by atoms with van der Waals surface area (Å²) in [7, 11) is 4.32. The molecule has 148 valence electrons. The molecule has 2 saturated carbocycles. The zero-order valence-corrected chi connectivity index (χ0v) is 19.1. The molecule has 0 heterocycles. The second-order valence-corrected chi connectivity index (χ2v) is 10.8. The van der Waals surface area contributed by atoms with E-state index < -0.39 is 0 Å². The van der Waals surface area contributed by atoms with Crippen LogP contribution in [0.4, 0.5) is 5.69 Å². The number of hydrogen-bond acceptors (Lipinski definition) is 1. The van der Waals surface area contributed by atoms with Gasteiger partial charge in [0.15, 0.2) is 0 Å². The third-order valence-corrected chi connectivity index (χ3v) is 9.35. The first kappa shape index (κ1) is 22.1. The third-order valence-electron chi connectivity index (χ3n) is 6.08. The molecule has 0 bridgehead atoms. The molecule has 0 saturated heterocycles. The fraction of sp³-hybridized carbons (Fsp3) is 0.652. The van der Waals surface area contributed by atoms with Crippen molar-refractivity contribution < 1.29 is 20.4 Å². The molecule has 0 aliphatic heterocycles. The Kier molecular flexibility index (Phi) is 9.91. The molecule has 3 rings (SSSR count). The average Bonchev–Trinajstić information content (AvgIpc) is 2.67. The fourth-order valence-corrected chi connectivity index (χ4v) is 7.90. The van der Waals surface area contributed by atoms with E-state index in [1.165, 1.54) is 75.5 Å². The van der Waals surface area contributed by atoms with Gasteiger partial charge in [0.05, 0.1) is 0 Å². The van der Waals surface area contributed by atoms with Crippen LogP contribution in [0.5, 0.6) is 0 Å². The first-order chi connectivity index (χ1) is 12.2. The van der Waals surface area contributed by atoms with Crippen LogP contribution in [0.25, 0.3) is 0 Å². The maximum Gasteiger partial charge on any atom is 0.0361 e. The molecule has 0 atom stereocenters. The van der Waals surface area contributed by atoms with Gasteiger partial charge in [-0.2, -0.15) is 0 Å². The van der Waals surface area contributed by atoms with Gasteiger partial charge >= 0.3 is 0 Å². The molecule has 2 aliphatic rings. The third kappa shape index (κ3) is 6.48. The van der Waals surface area contributed by atoms with Gasteiger partial charge in [-0.15, -0.1) is 0 Å². The van der Waals surface area contributed by atoms with Crippen molar-refractivity contribution in [3.8, 4) is 0 Å². The van der Waals surface area contributed by atoms with E-state index in [1.54, 1.807) is 0 Å². The summed E-state index contributed by atoms with van der Waals surface area (Å²) < 4.78 is 0. The van der Waals surface area contributed by atoms with Crippen LogP contribution in [0, 0.1) is 0 Å². The van der Waals surface area contributed by atoms with Gasteiger partial charge in [0.25, 0.3) is 0 Å². The van der Waals surface area contributed by atoms with Crippen LogP contribution in [0.3, 0.4) is 0 Å². The summed E-state index contributed by atoms with van der Waals surface area (Å²) in [4.78, 5) is 2.17. The number of rotatable bonds is 6. The van der Waals surface area contributed by atoms with Gasteiger partial charge in [0.1, 0.15) is 0 Å². The van der Waals surface area contributed by atoms with Crippen LogP contribution in [0.1, 0.15) is 69.8 Å². The Morgan fingerprint density at radius 2 is 1.35 bits per heavy atom. The van der Waals surface area contributed by atoms with Gasteiger partial charge in [-0.3, -0.25) is 0 Å². The molecule has 1 aromatic rings. The van der Waals surface area contributed by atoms with Gasteiger partial charge in [-0.1, -0.05) is 70.5 Å². The van der Waals surface area contributed by atoms with Gasteiger partial charge < -0.3 is 4.90 Å². The Hall–Kier alpha value is -0.148. The number of nitrogens with zero attached hydrogens (tertiary/aromatic N) is 1. The summed E-state index contributed by atoms with van der Waals surface area (Å²) in [6.07, 6.45) is 18.5. The number of allylic oxidation sites excluding steroid dienone is 1. The number of hydrogen-bond donors (Lipinski definition) is 0. The van der Waals surface area contributed by atoms with Crippen molar-refractivity contribution in [3.63, 3.8) is 0 Å². The Morgan fingerprint density at radius 3 is 1.81 bits per heavy atom. The maximum absolute atomic E-state index is 2.70. The zero-order chi connectivity index (χ0) is 17.5. The minimum absolute atomic E-state index is 0. The van der Waals surface area contributed by atoms with Gasteiger partial charge in [-0.25, -0.2) is 0 Å². The van der Waals surface area contributed by atoms with Crippen LogP contribution in [-0.2, 0) is 26.8 Å². The van der Waals surface area contributed by atoms with E-state index >= 15 is 0 Å². The molecule has 0 radical (unpaired) electrons. The molecule has 26 heavy (non-hydrogen) atoms. The molecule has 0 N–H and O–H groups in total. The smallest absolute Gasteiger partial charge is 0.0361 e. The second-order valence-electron chi connectivity index (χ2n) is 8.18. The standard InChI is InChI=1S/C23H36NP.Pd/c1-24(2)21-17-15-20(16-18-21)10-9-19-25(22-11-5-3-6-12-22)23-13-7-4-8-14-23;/h9,15-19,22-23H,3-8,10-14H2,1-2H3;. The molecule has 3 heteroatoms. The summed E-state index contributed by atoms with van der Waals surface area (Å²) in [5.41, 5.74) is 4.79. The van der Waals surface area contributed by atoms with E-state index in [0.29, 0.717) is 0 Å². The van der Waals surface area contributed by atoms with E-state index in [0.717, 1.165) is 17.7 Å². The normalized spacial score (nSPS) is 19.7. The van der Waals surface area contributed by atoms with Crippen molar-refractivity contribution in [1.29, 1.82) is 0 Å². The van der Waals surface area contributed by atoms with E-state index in [9.17, 15) is 0 Å². The summed E-state index contributed by atoms with van der Waals surface area (Å²) in [6, 6.07) is 9.08. The SMILES string of the molecule is CN(C)c1ccc(CC=CP(C2CCCCC2)C2CCCCC2)cc1.[Pd]. The molecule has 2 aliphatic carbocycles. The fourth-order valence-electron chi connectivity index (χ4n) is 4.54. The van der Waals surface area contributed by atoms with E-state index in [-0.39, 0.29) is 28.3 Å². The number of benzene rings is 1. The predicted molar refractivity (Wildman–Crippen MR) is 114 cm³/mol. The van der Waals surface area contributed by atoms with Crippen LogP contribution in [-0.4, -0.2) is 25.4 Å². The first-order valence-corrected chi connectivity index (χ1v) is 12.0. The monoisotopic (exact) mass is 463 g/mol. The van der Waals surface area contributed by atoms with E-state index in [1.807, 2.05) is 0 Å². The molecular weight excluding hydrogens is 428 g/mol. The topological polar surface area (TPSA) is 3.24 Å². The van der Waals surface area contributed by atoms with Crippen LogP contribution < -0.4 is 4.90 Å². The quantitative estimate of drug-likeness (QED) is 0.326. The summed E-state index contributed by atoms with van der Waals surface area (Å²) in [5.74, 6) is 2.70. The maximum atomic E-state index is 2.70. The molecule has 1 nitrogen and oxygen atoms in total. The predicted octanol–water partition coefficient (Wildman–Crippen LogP) is 6.95. The Balaban J connectivity index is 0.00000243. The van der Waals surface area contributed by atoms with E-state index in [2.05, 4.69) is 55.2 Å².